The van der Waals surface area contributed by atoms with E-state index in [-0.39, 0.29) is 18.8 Å². The lowest BCUT2D eigenvalue weighted by Gasteiger charge is -2.39. The molecule has 1 aliphatic rings. The Hall–Kier alpha value is -1.17. The van der Waals surface area contributed by atoms with E-state index >= 15 is 0 Å². The zero-order valence-electron chi connectivity index (χ0n) is 13.2. The quantitative estimate of drug-likeness (QED) is 0.830. The van der Waals surface area contributed by atoms with E-state index in [0.29, 0.717) is 19.1 Å². The molecule has 0 spiro atoms. The van der Waals surface area contributed by atoms with E-state index in [1.165, 1.54) is 5.56 Å². The molecule has 118 valence electrons. The van der Waals surface area contributed by atoms with Gasteiger partial charge in [0.15, 0.2) is 0 Å². The first kappa shape index (κ1) is 16.2. The van der Waals surface area contributed by atoms with E-state index in [0.717, 1.165) is 18.9 Å². The van der Waals surface area contributed by atoms with Gasteiger partial charge in [-0.1, -0.05) is 19.9 Å². The molecular formula is C16H27N3O2. The normalized spacial score (nSPS) is 22.8. The zero-order valence-corrected chi connectivity index (χ0v) is 13.2. The van der Waals surface area contributed by atoms with Gasteiger partial charge in [0.05, 0.1) is 25.4 Å². The van der Waals surface area contributed by atoms with E-state index in [9.17, 15) is 5.11 Å². The first-order valence-corrected chi connectivity index (χ1v) is 7.75. The molecule has 2 heterocycles. The summed E-state index contributed by atoms with van der Waals surface area (Å²) < 4.78 is 5.61. The lowest BCUT2D eigenvalue weighted by Crippen LogP contribution is -2.50. The van der Waals surface area contributed by atoms with Gasteiger partial charge in [-0.05, 0) is 25.5 Å². The number of aromatic nitrogens is 1. The minimum absolute atomic E-state index is 0.0526. The van der Waals surface area contributed by atoms with Gasteiger partial charge in [-0.3, -0.25) is 0 Å². The van der Waals surface area contributed by atoms with Crippen molar-refractivity contribution in [3.63, 3.8) is 0 Å². The second-order valence-electron chi connectivity index (χ2n) is 6.15. The van der Waals surface area contributed by atoms with Crippen LogP contribution in [0.1, 0.15) is 26.3 Å². The van der Waals surface area contributed by atoms with Crippen molar-refractivity contribution in [2.24, 2.45) is 5.92 Å². The number of aliphatic hydroxyl groups excluding tert-OH is 1. The molecule has 2 rings (SSSR count). The molecule has 0 aromatic carbocycles. The van der Waals surface area contributed by atoms with E-state index in [2.05, 4.69) is 42.0 Å². The second-order valence-corrected chi connectivity index (χ2v) is 6.15. The summed E-state index contributed by atoms with van der Waals surface area (Å²) in [5.41, 5.74) is 1.20. The summed E-state index contributed by atoms with van der Waals surface area (Å²) >= 11 is 0. The Kier molecular flexibility index (Phi) is 5.96. The van der Waals surface area contributed by atoms with E-state index in [4.69, 9.17) is 4.74 Å². The number of nitrogens with zero attached hydrogens (tertiary/aromatic N) is 2. The number of hydrogen-bond acceptors (Lipinski definition) is 5. The molecule has 21 heavy (non-hydrogen) atoms. The van der Waals surface area contributed by atoms with Crippen molar-refractivity contribution in [2.75, 3.05) is 31.2 Å². The Bertz CT molecular complexity index is 439. The smallest absolute Gasteiger partial charge is 0.133 e. The first-order chi connectivity index (χ1) is 10.1. The molecule has 5 heteroatoms. The summed E-state index contributed by atoms with van der Waals surface area (Å²) in [6.07, 6.45) is 1.71. The lowest BCUT2D eigenvalue weighted by molar-refractivity contribution is -0.0106. The fourth-order valence-electron chi connectivity index (χ4n) is 2.55. The molecule has 1 aliphatic heterocycles. The monoisotopic (exact) mass is 293 g/mol. The Morgan fingerprint density at radius 2 is 2.33 bits per heavy atom. The van der Waals surface area contributed by atoms with Gasteiger partial charge in [0.25, 0.3) is 0 Å². The Labute approximate surface area is 127 Å². The molecule has 1 saturated heterocycles. The van der Waals surface area contributed by atoms with Crippen molar-refractivity contribution in [1.29, 1.82) is 0 Å². The van der Waals surface area contributed by atoms with Crippen LogP contribution >= 0.6 is 0 Å². The van der Waals surface area contributed by atoms with Crippen LogP contribution in [0.4, 0.5) is 5.82 Å². The van der Waals surface area contributed by atoms with Crippen LogP contribution in [-0.2, 0) is 11.3 Å². The molecule has 0 radical (unpaired) electrons. The third-order valence-corrected chi connectivity index (χ3v) is 3.72. The number of morpholine rings is 1. The van der Waals surface area contributed by atoms with E-state index in [1.807, 2.05) is 12.3 Å². The topological polar surface area (TPSA) is 57.6 Å². The SMILES string of the molecule is CC(C)CNCc1cccnc1N1CC(CO)OCC1C. The van der Waals surface area contributed by atoms with Crippen molar-refractivity contribution < 1.29 is 9.84 Å². The highest BCUT2D eigenvalue weighted by molar-refractivity contribution is 5.48. The van der Waals surface area contributed by atoms with E-state index < -0.39 is 0 Å². The molecule has 1 fully saturated rings. The van der Waals surface area contributed by atoms with Gasteiger partial charge in [-0.2, -0.15) is 0 Å². The van der Waals surface area contributed by atoms with Crippen LogP contribution in [0.5, 0.6) is 0 Å². The minimum atomic E-state index is -0.125. The maximum Gasteiger partial charge on any atom is 0.133 e. The molecule has 0 aliphatic carbocycles. The molecule has 2 atom stereocenters. The summed E-state index contributed by atoms with van der Waals surface area (Å²) in [4.78, 5) is 6.81. The maximum absolute atomic E-state index is 9.33. The third-order valence-electron chi connectivity index (χ3n) is 3.72. The van der Waals surface area contributed by atoms with Crippen molar-refractivity contribution >= 4 is 5.82 Å². The molecule has 2 unspecified atom stereocenters. The van der Waals surface area contributed by atoms with Crippen molar-refractivity contribution in [1.82, 2.24) is 10.3 Å². The molecule has 1 aromatic rings. The van der Waals surface area contributed by atoms with Crippen LogP contribution in [0.15, 0.2) is 18.3 Å². The standard InChI is InChI=1S/C16H27N3O2/c1-12(2)7-17-8-14-5-4-6-18-16(14)19-9-15(10-20)21-11-13(19)3/h4-6,12-13,15,17,20H,7-11H2,1-3H3. The summed E-state index contributed by atoms with van der Waals surface area (Å²) in [5.74, 6) is 1.63. The number of rotatable bonds is 6. The number of pyridine rings is 1. The Balaban J connectivity index is 2.10. The Morgan fingerprint density at radius 1 is 1.52 bits per heavy atom. The van der Waals surface area contributed by atoms with Crippen LogP contribution in [0, 0.1) is 5.92 Å². The number of anilines is 1. The molecule has 0 bridgehead atoms. The lowest BCUT2D eigenvalue weighted by atomic mass is 10.1. The summed E-state index contributed by atoms with van der Waals surface area (Å²) in [6.45, 7) is 9.71. The predicted octanol–water partition coefficient (Wildman–Crippen LogP) is 1.41. The predicted molar refractivity (Wildman–Crippen MR) is 84.4 cm³/mol. The highest BCUT2D eigenvalue weighted by Crippen LogP contribution is 2.23. The second kappa shape index (κ2) is 7.73. The highest BCUT2D eigenvalue weighted by Gasteiger charge is 2.27. The minimum Gasteiger partial charge on any atom is -0.394 e. The van der Waals surface area contributed by atoms with Gasteiger partial charge >= 0.3 is 0 Å². The van der Waals surface area contributed by atoms with Crippen molar-refractivity contribution in [3.05, 3.63) is 23.9 Å². The first-order valence-electron chi connectivity index (χ1n) is 7.75. The Morgan fingerprint density at radius 3 is 3.05 bits per heavy atom. The van der Waals surface area contributed by atoms with Crippen LogP contribution in [-0.4, -0.2) is 48.5 Å². The molecule has 0 saturated carbocycles. The fraction of sp³-hybridized carbons (Fsp3) is 0.688. The number of nitrogens with one attached hydrogen (secondary N) is 1. The zero-order chi connectivity index (χ0) is 15.2. The van der Waals surface area contributed by atoms with Crippen LogP contribution in [0.3, 0.4) is 0 Å². The fourth-order valence-corrected chi connectivity index (χ4v) is 2.55. The number of ether oxygens (including phenoxy) is 1. The number of hydrogen-bond donors (Lipinski definition) is 2. The van der Waals surface area contributed by atoms with Gasteiger partial charge in [0.1, 0.15) is 5.82 Å². The summed E-state index contributed by atoms with van der Waals surface area (Å²) in [7, 11) is 0. The molecule has 2 N–H and O–H groups in total. The van der Waals surface area contributed by atoms with Crippen molar-refractivity contribution in [2.45, 2.75) is 39.5 Å². The van der Waals surface area contributed by atoms with Crippen LogP contribution in [0.2, 0.25) is 0 Å². The van der Waals surface area contributed by atoms with Gasteiger partial charge in [-0.25, -0.2) is 4.98 Å². The largest absolute Gasteiger partial charge is 0.394 e. The van der Waals surface area contributed by atoms with Gasteiger partial charge in [-0.15, -0.1) is 0 Å². The van der Waals surface area contributed by atoms with Gasteiger partial charge in [0.2, 0.25) is 0 Å². The molecule has 0 amide bonds. The van der Waals surface area contributed by atoms with Crippen LogP contribution < -0.4 is 10.2 Å². The average Bonchev–Trinajstić information content (AvgIpc) is 2.48. The van der Waals surface area contributed by atoms with Gasteiger partial charge in [0, 0.05) is 24.8 Å². The molecule has 5 nitrogen and oxygen atoms in total. The third kappa shape index (κ3) is 4.40. The molecular weight excluding hydrogens is 266 g/mol. The average molecular weight is 293 g/mol. The summed E-state index contributed by atoms with van der Waals surface area (Å²) in [5, 5.41) is 12.8. The van der Waals surface area contributed by atoms with E-state index in [1.54, 1.807) is 0 Å². The van der Waals surface area contributed by atoms with Crippen molar-refractivity contribution in [3.8, 4) is 0 Å². The maximum atomic E-state index is 9.33. The number of aliphatic hydroxyl groups is 1. The highest BCUT2D eigenvalue weighted by atomic mass is 16.5. The van der Waals surface area contributed by atoms with Gasteiger partial charge < -0.3 is 20.1 Å². The summed E-state index contributed by atoms with van der Waals surface area (Å²) in [6, 6.07) is 4.36. The molecule has 1 aromatic heterocycles. The van der Waals surface area contributed by atoms with Crippen LogP contribution in [0.25, 0.3) is 0 Å².